The maximum absolute atomic E-state index is 12.7. The smallest absolute Gasteiger partial charge is 0.265 e. The van der Waals surface area contributed by atoms with E-state index in [0.29, 0.717) is 5.89 Å². The molecule has 0 atom stereocenters. The third-order valence-corrected chi connectivity index (χ3v) is 1.86. The van der Waals surface area contributed by atoms with Gasteiger partial charge >= 0.3 is 0 Å². The van der Waals surface area contributed by atoms with Crippen molar-refractivity contribution in [3.8, 4) is 0 Å². The Morgan fingerprint density at radius 2 is 2.00 bits per heavy atom. The van der Waals surface area contributed by atoms with Crippen molar-refractivity contribution in [2.45, 2.75) is 26.2 Å². The van der Waals surface area contributed by atoms with E-state index in [1.807, 2.05) is 20.8 Å². The van der Waals surface area contributed by atoms with E-state index in [4.69, 9.17) is 4.42 Å². The summed E-state index contributed by atoms with van der Waals surface area (Å²) in [5, 5.41) is 0. The summed E-state index contributed by atoms with van der Waals surface area (Å²) in [6.07, 6.45) is 0. The van der Waals surface area contributed by atoms with Crippen LogP contribution in [0.4, 0.5) is 4.39 Å². The van der Waals surface area contributed by atoms with Gasteiger partial charge in [-0.2, -0.15) is 9.37 Å². The molecule has 0 aliphatic heterocycles. The molecule has 0 saturated heterocycles. The standard InChI is InChI=1S/C7H9FINO/c1-7(2,3)6-10-4(8)5(9)11-6/h1-3H3. The Morgan fingerprint density at radius 3 is 2.18 bits per heavy atom. The summed E-state index contributed by atoms with van der Waals surface area (Å²) in [7, 11) is 0. The largest absolute Gasteiger partial charge is 0.431 e. The maximum Gasteiger partial charge on any atom is 0.265 e. The maximum atomic E-state index is 12.7. The average molecular weight is 269 g/mol. The molecule has 0 saturated carbocycles. The fraction of sp³-hybridized carbons (Fsp3) is 0.571. The van der Waals surface area contributed by atoms with E-state index in [1.165, 1.54) is 0 Å². The summed E-state index contributed by atoms with van der Waals surface area (Å²) in [6.45, 7) is 5.77. The van der Waals surface area contributed by atoms with Gasteiger partial charge in [0.2, 0.25) is 9.66 Å². The Kier molecular flexibility index (Phi) is 2.22. The van der Waals surface area contributed by atoms with Crippen molar-refractivity contribution in [2.24, 2.45) is 0 Å². The van der Waals surface area contributed by atoms with Gasteiger partial charge in [0.25, 0.3) is 5.95 Å². The number of hydrogen-bond donors (Lipinski definition) is 0. The van der Waals surface area contributed by atoms with Crippen LogP contribution in [0.1, 0.15) is 26.7 Å². The summed E-state index contributed by atoms with van der Waals surface area (Å²) in [6, 6.07) is 0. The van der Waals surface area contributed by atoms with Crippen LogP contribution in [0.3, 0.4) is 0 Å². The molecule has 0 amide bonds. The molecule has 0 radical (unpaired) electrons. The van der Waals surface area contributed by atoms with Crippen molar-refractivity contribution in [3.05, 3.63) is 15.6 Å². The number of hydrogen-bond acceptors (Lipinski definition) is 2. The molecule has 0 spiro atoms. The topological polar surface area (TPSA) is 26.0 Å². The normalized spacial score (nSPS) is 12.1. The number of aromatic nitrogens is 1. The number of oxazole rings is 1. The van der Waals surface area contributed by atoms with Gasteiger partial charge in [-0.3, -0.25) is 0 Å². The highest BCUT2D eigenvalue weighted by molar-refractivity contribution is 14.1. The predicted molar refractivity (Wildman–Crippen MR) is 47.9 cm³/mol. The van der Waals surface area contributed by atoms with Crippen molar-refractivity contribution >= 4 is 22.6 Å². The summed E-state index contributed by atoms with van der Waals surface area (Å²) < 4.78 is 18.0. The third kappa shape index (κ3) is 1.91. The molecule has 0 fully saturated rings. The van der Waals surface area contributed by atoms with Crippen LogP contribution in [-0.2, 0) is 5.41 Å². The van der Waals surface area contributed by atoms with Gasteiger partial charge in [-0.25, -0.2) is 0 Å². The quantitative estimate of drug-likeness (QED) is 0.677. The van der Waals surface area contributed by atoms with E-state index in [0.717, 1.165) is 0 Å². The van der Waals surface area contributed by atoms with Crippen molar-refractivity contribution in [3.63, 3.8) is 0 Å². The van der Waals surface area contributed by atoms with Crippen molar-refractivity contribution < 1.29 is 8.81 Å². The lowest BCUT2D eigenvalue weighted by molar-refractivity contribution is 0.379. The molecule has 62 valence electrons. The van der Waals surface area contributed by atoms with Crippen LogP contribution < -0.4 is 0 Å². The first-order valence-corrected chi connectivity index (χ1v) is 4.31. The second kappa shape index (κ2) is 2.73. The van der Waals surface area contributed by atoms with E-state index in [1.54, 1.807) is 22.6 Å². The van der Waals surface area contributed by atoms with Gasteiger partial charge in [0.05, 0.1) is 0 Å². The van der Waals surface area contributed by atoms with Gasteiger partial charge in [-0.05, 0) is 0 Å². The first-order chi connectivity index (χ1) is 4.91. The van der Waals surface area contributed by atoms with Gasteiger partial charge in [0, 0.05) is 28.0 Å². The zero-order valence-electron chi connectivity index (χ0n) is 6.61. The first-order valence-electron chi connectivity index (χ1n) is 3.23. The van der Waals surface area contributed by atoms with Crippen LogP contribution in [0, 0.1) is 9.71 Å². The molecule has 1 rings (SSSR count). The summed E-state index contributed by atoms with van der Waals surface area (Å²) >= 11 is 1.78. The Labute approximate surface area is 78.3 Å². The van der Waals surface area contributed by atoms with E-state index in [2.05, 4.69) is 4.98 Å². The monoisotopic (exact) mass is 269 g/mol. The SMILES string of the molecule is CC(C)(C)c1nc(F)c(I)o1. The average Bonchev–Trinajstić information content (AvgIpc) is 2.11. The minimum absolute atomic E-state index is 0.218. The van der Waals surface area contributed by atoms with E-state index in [-0.39, 0.29) is 9.18 Å². The molecule has 1 heterocycles. The first kappa shape index (κ1) is 8.96. The molecule has 2 nitrogen and oxygen atoms in total. The molecule has 11 heavy (non-hydrogen) atoms. The second-order valence-electron chi connectivity index (χ2n) is 3.33. The minimum Gasteiger partial charge on any atom is -0.431 e. The van der Waals surface area contributed by atoms with Crippen LogP contribution in [0.5, 0.6) is 0 Å². The molecule has 1 aromatic rings. The fourth-order valence-corrected chi connectivity index (χ4v) is 0.933. The van der Waals surface area contributed by atoms with Crippen LogP contribution in [0.25, 0.3) is 0 Å². The molecular formula is C7H9FINO. The molecule has 0 unspecified atom stereocenters. The van der Waals surface area contributed by atoms with Crippen molar-refractivity contribution in [2.75, 3.05) is 0 Å². The zero-order chi connectivity index (χ0) is 8.65. The van der Waals surface area contributed by atoms with Gasteiger partial charge in [-0.15, -0.1) is 0 Å². The predicted octanol–water partition coefficient (Wildman–Crippen LogP) is 2.72. The fourth-order valence-electron chi connectivity index (χ4n) is 0.604. The second-order valence-corrected chi connectivity index (χ2v) is 4.31. The lowest BCUT2D eigenvalue weighted by Gasteiger charge is -2.11. The Hall–Kier alpha value is -0.130. The number of rotatable bonds is 0. The van der Waals surface area contributed by atoms with Gasteiger partial charge in [0.15, 0.2) is 0 Å². The molecular weight excluding hydrogens is 260 g/mol. The van der Waals surface area contributed by atoms with Crippen LogP contribution in [-0.4, -0.2) is 4.98 Å². The van der Waals surface area contributed by atoms with Crippen LogP contribution >= 0.6 is 22.6 Å². The number of nitrogens with zero attached hydrogens (tertiary/aromatic N) is 1. The minimum atomic E-state index is -0.518. The third-order valence-electron chi connectivity index (χ3n) is 1.19. The molecule has 0 aliphatic rings. The van der Waals surface area contributed by atoms with Gasteiger partial charge in [-0.1, -0.05) is 20.8 Å². The van der Waals surface area contributed by atoms with E-state index < -0.39 is 5.95 Å². The lowest BCUT2D eigenvalue weighted by Crippen LogP contribution is -2.11. The Balaban J connectivity index is 3.08. The zero-order valence-corrected chi connectivity index (χ0v) is 8.77. The lowest BCUT2D eigenvalue weighted by atomic mass is 9.97. The van der Waals surface area contributed by atoms with E-state index >= 15 is 0 Å². The van der Waals surface area contributed by atoms with Gasteiger partial charge in [0.1, 0.15) is 0 Å². The highest BCUT2D eigenvalue weighted by Crippen LogP contribution is 2.23. The van der Waals surface area contributed by atoms with E-state index in [9.17, 15) is 4.39 Å². The highest BCUT2D eigenvalue weighted by Gasteiger charge is 2.22. The molecule has 0 aromatic carbocycles. The summed E-state index contributed by atoms with van der Waals surface area (Å²) in [4.78, 5) is 3.64. The summed E-state index contributed by atoms with van der Waals surface area (Å²) in [5.41, 5.74) is -0.218. The van der Waals surface area contributed by atoms with Crippen molar-refractivity contribution in [1.82, 2.24) is 4.98 Å². The Bertz CT molecular complexity index is 244. The number of halogens is 2. The molecule has 1 aromatic heterocycles. The van der Waals surface area contributed by atoms with Crippen LogP contribution in [0.2, 0.25) is 0 Å². The van der Waals surface area contributed by atoms with Gasteiger partial charge < -0.3 is 4.42 Å². The molecule has 4 heteroatoms. The van der Waals surface area contributed by atoms with Crippen molar-refractivity contribution in [1.29, 1.82) is 0 Å². The highest BCUT2D eigenvalue weighted by atomic mass is 127. The summed E-state index contributed by atoms with van der Waals surface area (Å²) in [5.74, 6) is -0.0741. The van der Waals surface area contributed by atoms with Crippen LogP contribution in [0.15, 0.2) is 4.42 Å². The Morgan fingerprint density at radius 1 is 1.45 bits per heavy atom. The molecule has 0 bridgehead atoms. The molecule has 0 aliphatic carbocycles. The molecule has 0 N–H and O–H groups in total.